The summed E-state index contributed by atoms with van der Waals surface area (Å²) in [5, 5.41) is 3.08. The summed E-state index contributed by atoms with van der Waals surface area (Å²) < 4.78 is 16.9. The molecule has 1 aliphatic carbocycles. The number of likely N-dealkylation sites (tertiary alicyclic amines) is 1. The topological polar surface area (TPSA) is 77.1 Å². The highest BCUT2D eigenvalue weighted by Gasteiger charge is 2.46. The van der Waals surface area contributed by atoms with Crippen molar-refractivity contribution in [1.29, 1.82) is 0 Å². The molecule has 2 aliphatic rings. The number of amides is 2. The Balaban J connectivity index is 1.59. The summed E-state index contributed by atoms with van der Waals surface area (Å²) in [5.41, 5.74) is 1.27. The molecule has 1 aliphatic heterocycles. The zero-order valence-electron chi connectivity index (χ0n) is 20.2. The van der Waals surface area contributed by atoms with E-state index in [1.54, 1.807) is 24.1 Å². The minimum absolute atomic E-state index is 0.0143. The molecular weight excluding hydrogens is 432 g/mol. The van der Waals surface area contributed by atoms with Crippen molar-refractivity contribution < 1.29 is 23.8 Å². The summed E-state index contributed by atoms with van der Waals surface area (Å²) in [5.74, 6) is 1.30. The van der Waals surface area contributed by atoms with Crippen LogP contribution in [0.3, 0.4) is 0 Å². The fraction of sp³-hybridized carbons (Fsp3) is 0.481. The fourth-order valence-corrected chi connectivity index (χ4v) is 5.17. The molecule has 34 heavy (non-hydrogen) atoms. The molecule has 2 amide bonds. The van der Waals surface area contributed by atoms with Gasteiger partial charge in [-0.3, -0.25) is 4.79 Å². The average Bonchev–Trinajstić information content (AvgIpc) is 3.50. The molecule has 0 spiro atoms. The molecule has 1 unspecified atom stereocenters. The molecule has 1 heterocycles. The summed E-state index contributed by atoms with van der Waals surface area (Å²) in [7, 11) is 3.04. The summed E-state index contributed by atoms with van der Waals surface area (Å²) in [6.45, 7) is 3.50. The van der Waals surface area contributed by atoms with E-state index in [1.165, 1.54) is 20.0 Å². The van der Waals surface area contributed by atoms with Crippen molar-refractivity contribution in [1.82, 2.24) is 10.2 Å². The third-order valence-corrected chi connectivity index (χ3v) is 7.10. The van der Waals surface area contributed by atoms with Gasteiger partial charge in [0.05, 0.1) is 20.3 Å². The van der Waals surface area contributed by atoms with E-state index in [0.29, 0.717) is 30.9 Å². The molecule has 0 radical (unpaired) electrons. The lowest BCUT2D eigenvalue weighted by Gasteiger charge is -2.31. The summed E-state index contributed by atoms with van der Waals surface area (Å²) >= 11 is 0. The van der Waals surface area contributed by atoms with E-state index in [-0.39, 0.29) is 24.0 Å². The van der Waals surface area contributed by atoms with E-state index >= 15 is 0 Å². The Kier molecular flexibility index (Phi) is 7.29. The van der Waals surface area contributed by atoms with Crippen LogP contribution in [0.2, 0.25) is 0 Å². The summed E-state index contributed by atoms with van der Waals surface area (Å²) in [6.07, 6.45) is 4.31. The van der Waals surface area contributed by atoms with Crippen LogP contribution >= 0.6 is 0 Å². The molecular formula is C27H34N2O5. The third kappa shape index (κ3) is 5.13. The summed E-state index contributed by atoms with van der Waals surface area (Å²) in [4.78, 5) is 26.9. The molecule has 2 atom stereocenters. The van der Waals surface area contributed by atoms with Crippen LogP contribution in [-0.2, 0) is 4.74 Å². The maximum absolute atomic E-state index is 12.7. The van der Waals surface area contributed by atoms with Crippen LogP contribution < -0.4 is 14.8 Å². The lowest BCUT2D eigenvalue weighted by molar-refractivity contribution is 0.0930. The Morgan fingerprint density at radius 2 is 1.79 bits per heavy atom. The second-order valence-corrected chi connectivity index (χ2v) is 9.54. The van der Waals surface area contributed by atoms with Crippen LogP contribution in [-0.4, -0.2) is 56.9 Å². The Hall–Kier alpha value is -3.22. The first-order valence-electron chi connectivity index (χ1n) is 11.9. The lowest BCUT2D eigenvalue weighted by Crippen LogP contribution is -2.40. The van der Waals surface area contributed by atoms with Gasteiger partial charge in [0, 0.05) is 36.5 Å². The number of ether oxygens (including phenoxy) is 3. The molecule has 0 aromatic heterocycles. The first kappa shape index (κ1) is 23.9. The number of hydrogen-bond acceptors (Lipinski definition) is 5. The largest absolute Gasteiger partial charge is 0.493 e. The number of methoxy groups -OCH3 is 2. The van der Waals surface area contributed by atoms with Gasteiger partial charge < -0.3 is 24.4 Å². The molecule has 2 aromatic carbocycles. The van der Waals surface area contributed by atoms with Crippen LogP contribution in [0.15, 0.2) is 48.5 Å². The van der Waals surface area contributed by atoms with Crippen molar-refractivity contribution in [2.45, 2.75) is 44.6 Å². The lowest BCUT2D eigenvalue weighted by atomic mass is 9.76. The van der Waals surface area contributed by atoms with E-state index in [1.807, 2.05) is 36.4 Å². The van der Waals surface area contributed by atoms with E-state index in [9.17, 15) is 9.59 Å². The molecule has 7 nitrogen and oxygen atoms in total. The van der Waals surface area contributed by atoms with Gasteiger partial charge in [0.25, 0.3) is 5.91 Å². The van der Waals surface area contributed by atoms with Crippen LogP contribution in [0.1, 0.15) is 54.4 Å². The van der Waals surface area contributed by atoms with Crippen LogP contribution in [0.25, 0.3) is 0 Å². The smallest absolute Gasteiger partial charge is 0.409 e. The van der Waals surface area contributed by atoms with Crippen LogP contribution in [0.5, 0.6) is 11.5 Å². The monoisotopic (exact) mass is 466 g/mol. The third-order valence-electron chi connectivity index (χ3n) is 7.10. The minimum Gasteiger partial charge on any atom is -0.493 e. The SMILES string of the molecule is COC(=O)N1CC(c2ccc(OC)c(OC3CCCC3)c2)[C@](C)(CNC(=O)c2ccccc2)C1. The van der Waals surface area contributed by atoms with Gasteiger partial charge in [-0.15, -0.1) is 0 Å². The van der Waals surface area contributed by atoms with Gasteiger partial charge in [0.15, 0.2) is 11.5 Å². The molecule has 1 saturated heterocycles. The quantitative estimate of drug-likeness (QED) is 0.644. The van der Waals surface area contributed by atoms with Crippen molar-refractivity contribution in [2.24, 2.45) is 5.41 Å². The van der Waals surface area contributed by atoms with Crippen molar-refractivity contribution in [3.63, 3.8) is 0 Å². The first-order valence-corrected chi connectivity index (χ1v) is 11.9. The molecule has 1 saturated carbocycles. The molecule has 7 heteroatoms. The normalized spacial score (nSPS) is 22.4. The van der Waals surface area contributed by atoms with E-state index in [0.717, 1.165) is 24.2 Å². The van der Waals surface area contributed by atoms with Gasteiger partial charge in [0.2, 0.25) is 0 Å². The predicted octanol–water partition coefficient (Wildman–Crippen LogP) is 4.62. The average molecular weight is 467 g/mol. The maximum atomic E-state index is 12.7. The van der Waals surface area contributed by atoms with E-state index < -0.39 is 5.41 Å². The highest BCUT2D eigenvalue weighted by Crippen LogP contribution is 2.45. The number of benzene rings is 2. The van der Waals surface area contributed by atoms with Gasteiger partial charge in [-0.2, -0.15) is 0 Å². The van der Waals surface area contributed by atoms with E-state index in [4.69, 9.17) is 14.2 Å². The fourth-order valence-electron chi connectivity index (χ4n) is 5.17. The highest BCUT2D eigenvalue weighted by molar-refractivity contribution is 5.94. The van der Waals surface area contributed by atoms with Gasteiger partial charge >= 0.3 is 6.09 Å². The molecule has 2 aromatic rings. The van der Waals surface area contributed by atoms with Crippen molar-refractivity contribution in [2.75, 3.05) is 33.9 Å². The molecule has 2 fully saturated rings. The Bertz CT molecular complexity index is 1010. The van der Waals surface area contributed by atoms with Crippen molar-refractivity contribution >= 4 is 12.0 Å². The zero-order chi connectivity index (χ0) is 24.1. The first-order chi connectivity index (χ1) is 16.4. The molecule has 182 valence electrons. The number of carbonyl (C=O) groups is 2. The molecule has 0 bridgehead atoms. The van der Waals surface area contributed by atoms with Gasteiger partial charge in [-0.05, 0) is 55.5 Å². The number of rotatable bonds is 7. The Morgan fingerprint density at radius 3 is 2.47 bits per heavy atom. The van der Waals surface area contributed by atoms with Crippen molar-refractivity contribution in [3.05, 3.63) is 59.7 Å². The summed E-state index contributed by atoms with van der Waals surface area (Å²) in [6, 6.07) is 15.2. The van der Waals surface area contributed by atoms with Gasteiger partial charge in [-0.1, -0.05) is 31.2 Å². The number of hydrogen-bond donors (Lipinski definition) is 1. The Labute approximate surface area is 201 Å². The number of carbonyl (C=O) groups excluding carboxylic acids is 2. The van der Waals surface area contributed by atoms with Gasteiger partial charge in [-0.25, -0.2) is 4.79 Å². The van der Waals surface area contributed by atoms with Crippen LogP contribution in [0, 0.1) is 5.41 Å². The standard InChI is InChI=1S/C27H34N2O5/c1-27(17-28-25(30)19-9-5-4-6-10-19)18-29(26(31)33-3)16-22(27)20-13-14-23(32-2)24(15-20)34-21-11-7-8-12-21/h4-6,9-10,13-15,21-22H,7-8,11-12,16-18H2,1-3H3,(H,28,30)/t22?,27-/m1/s1. The predicted molar refractivity (Wildman–Crippen MR) is 129 cm³/mol. The number of nitrogens with zero attached hydrogens (tertiary/aromatic N) is 1. The molecule has 1 N–H and O–H groups in total. The second kappa shape index (κ2) is 10.4. The van der Waals surface area contributed by atoms with Crippen LogP contribution in [0.4, 0.5) is 4.79 Å². The molecule has 4 rings (SSSR count). The Morgan fingerprint density at radius 1 is 1.06 bits per heavy atom. The zero-order valence-corrected chi connectivity index (χ0v) is 20.2. The van der Waals surface area contributed by atoms with E-state index in [2.05, 4.69) is 12.2 Å². The number of nitrogens with one attached hydrogen (secondary N) is 1. The minimum atomic E-state index is -0.391. The van der Waals surface area contributed by atoms with Crippen molar-refractivity contribution in [3.8, 4) is 11.5 Å². The highest BCUT2D eigenvalue weighted by atomic mass is 16.5. The second-order valence-electron chi connectivity index (χ2n) is 9.54. The van der Waals surface area contributed by atoms with Gasteiger partial charge in [0.1, 0.15) is 0 Å². The maximum Gasteiger partial charge on any atom is 0.409 e.